The second-order valence-electron chi connectivity index (χ2n) is 6.54. The molecule has 8 heteroatoms. The molecule has 2 aromatic rings. The van der Waals surface area contributed by atoms with Crippen molar-refractivity contribution in [3.05, 3.63) is 48.5 Å². The van der Waals surface area contributed by atoms with Gasteiger partial charge in [0.15, 0.2) is 23.7 Å². The van der Waals surface area contributed by atoms with E-state index in [-0.39, 0.29) is 37.2 Å². The van der Waals surface area contributed by atoms with Crippen molar-refractivity contribution in [2.45, 2.75) is 0 Å². The first-order valence-corrected chi connectivity index (χ1v) is 8.66. The van der Waals surface area contributed by atoms with Gasteiger partial charge < -0.3 is 46.9 Å². The second kappa shape index (κ2) is 10.9. The highest BCUT2D eigenvalue weighted by Gasteiger charge is 2.30. The predicted molar refractivity (Wildman–Crippen MR) is 94.0 cm³/mol. The van der Waals surface area contributed by atoms with Gasteiger partial charge in [-0.2, -0.15) is 4.99 Å². The lowest BCUT2D eigenvalue weighted by molar-refractivity contribution is -0.982. The molecule has 1 fully saturated rings. The number of nitrogens with zero attached hydrogens (tertiary/aromatic N) is 1. The van der Waals surface area contributed by atoms with Gasteiger partial charge in [-0.05, 0) is 12.1 Å². The fourth-order valence-corrected chi connectivity index (χ4v) is 3.71. The summed E-state index contributed by atoms with van der Waals surface area (Å²) in [5.41, 5.74) is 3.66. The maximum Gasteiger partial charge on any atom is 0.261 e. The Bertz CT molecular complexity index is 764. The number of benzene rings is 2. The summed E-state index contributed by atoms with van der Waals surface area (Å²) in [6, 6.07) is 16.8. The van der Waals surface area contributed by atoms with Gasteiger partial charge in [0.1, 0.15) is 31.9 Å². The molecule has 2 aliphatic rings. The first kappa shape index (κ1) is 23.7. The second-order valence-corrected chi connectivity index (χ2v) is 6.54. The number of halogens is 3. The Hall–Kier alpha value is -1.34. The van der Waals surface area contributed by atoms with Crippen molar-refractivity contribution in [3.8, 4) is 5.75 Å². The summed E-state index contributed by atoms with van der Waals surface area (Å²) in [6.07, 6.45) is 0. The van der Waals surface area contributed by atoms with E-state index in [0.29, 0.717) is 0 Å². The molecule has 1 saturated heterocycles. The number of piperazine rings is 1. The van der Waals surface area contributed by atoms with Crippen molar-refractivity contribution in [1.29, 1.82) is 0 Å². The predicted octanol–water partition coefficient (Wildman–Crippen LogP) is -9.94. The molecule has 2 aliphatic heterocycles. The molecule has 27 heavy (non-hydrogen) atoms. The normalized spacial score (nSPS) is 20.3. The molecule has 4 rings (SSSR count). The molecule has 0 saturated carbocycles. The van der Waals surface area contributed by atoms with Crippen LogP contribution in [0.1, 0.15) is 0 Å². The molecule has 0 atom stereocenters. The van der Waals surface area contributed by atoms with Gasteiger partial charge in [-0.15, -0.1) is 0 Å². The van der Waals surface area contributed by atoms with Gasteiger partial charge in [0, 0.05) is 12.1 Å². The van der Waals surface area contributed by atoms with E-state index in [4.69, 9.17) is 9.73 Å². The van der Waals surface area contributed by atoms with Gasteiger partial charge in [0.25, 0.3) is 5.84 Å². The molecule has 2 aromatic carbocycles. The lowest BCUT2D eigenvalue weighted by atomic mass is 10.2. The summed E-state index contributed by atoms with van der Waals surface area (Å²) in [5.74, 6) is 2.21. The van der Waals surface area contributed by atoms with Crippen LogP contribution < -0.4 is 57.1 Å². The average Bonchev–Trinajstić information content (AvgIpc) is 3.04. The number of aliphatic imine (C=N–C) groups is 1. The quantitative estimate of drug-likeness (QED) is 0.414. The zero-order valence-electron chi connectivity index (χ0n) is 15.2. The molecule has 148 valence electrons. The van der Waals surface area contributed by atoms with E-state index in [1.807, 2.05) is 6.07 Å². The Kier molecular flexibility index (Phi) is 9.53. The van der Waals surface area contributed by atoms with Crippen LogP contribution in [0, 0.1) is 0 Å². The summed E-state index contributed by atoms with van der Waals surface area (Å²) in [4.78, 5) is 7.91. The van der Waals surface area contributed by atoms with Gasteiger partial charge in [-0.1, -0.05) is 24.3 Å². The third-order valence-electron chi connectivity index (χ3n) is 5.00. The van der Waals surface area contributed by atoms with Crippen LogP contribution in [0.15, 0.2) is 53.5 Å². The van der Waals surface area contributed by atoms with Crippen LogP contribution in [0.25, 0.3) is 0 Å². The summed E-state index contributed by atoms with van der Waals surface area (Å²) < 4.78 is 5.52. The number of ether oxygens (including phenoxy) is 1. The van der Waals surface area contributed by atoms with Crippen molar-refractivity contribution in [2.75, 3.05) is 39.8 Å². The zero-order chi connectivity index (χ0) is 16.4. The Labute approximate surface area is 179 Å². The Morgan fingerprint density at radius 1 is 0.926 bits per heavy atom. The molecule has 2 heterocycles. The summed E-state index contributed by atoms with van der Waals surface area (Å²) in [5, 5.41) is 2.24. The lowest BCUT2D eigenvalue weighted by Crippen LogP contribution is -3.27. The molecule has 0 unspecified atom stereocenters. The van der Waals surface area contributed by atoms with Gasteiger partial charge in [-0.25, -0.2) is 0 Å². The van der Waals surface area contributed by atoms with Crippen molar-refractivity contribution in [2.24, 2.45) is 4.99 Å². The number of amidine groups is 1. The molecule has 0 aromatic heterocycles. The van der Waals surface area contributed by atoms with Crippen molar-refractivity contribution < 1.29 is 57.1 Å². The highest BCUT2D eigenvalue weighted by Crippen LogP contribution is 2.22. The number of nitrogens with one attached hydrogen (secondary N) is 2. The minimum atomic E-state index is 0. The Morgan fingerprint density at radius 2 is 1.59 bits per heavy atom. The molecule has 0 bridgehead atoms. The number of quaternary nitrogens is 3. The van der Waals surface area contributed by atoms with Crippen LogP contribution >= 0.6 is 0 Å². The Morgan fingerprint density at radius 3 is 2.30 bits per heavy atom. The minimum Gasteiger partial charge on any atom is -1.00 e. The third kappa shape index (κ3) is 5.35. The molecule has 4 N–H and O–H groups in total. The van der Waals surface area contributed by atoms with E-state index in [9.17, 15) is 0 Å². The lowest BCUT2D eigenvalue weighted by Gasteiger charge is -2.29. The first-order chi connectivity index (χ1) is 11.8. The van der Waals surface area contributed by atoms with E-state index < -0.39 is 0 Å². The van der Waals surface area contributed by atoms with Crippen molar-refractivity contribution >= 4 is 22.9 Å². The minimum absolute atomic E-state index is 0. The van der Waals surface area contributed by atoms with Crippen LogP contribution in [-0.4, -0.2) is 45.7 Å². The van der Waals surface area contributed by atoms with Crippen LogP contribution in [0.5, 0.6) is 5.75 Å². The number of nitrogens with two attached hydrogens (primary N) is 1. The molecule has 0 radical (unpaired) electrons. The largest absolute Gasteiger partial charge is 1.00 e. The SMILES string of the molecule is COc1ccccc1[NH+]1CC[NH+](CC2=Nc3ccccc3[NH2+]2)CC1.[Cl-].[Cl-].[Cl-]. The zero-order valence-corrected chi connectivity index (χ0v) is 17.5. The van der Waals surface area contributed by atoms with Crippen molar-refractivity contribution in [3.63, 3.8) is 0 Å². The monoisotopic (exact) mass is 430 g/mol. The topological polar surface area (TPSA) is 47.1 Å². The maximum absolute atomic E-state index is 5.52. The van der Waals surface area contributed by atoms with Crippen LogP contribution in [0.2, 0.25) is 0 Å². The van der Waals surface area contributed by atoms with Gasteiger partial charge in [-0.3, -0.25) is 10.2 Å². The number of rotatable bonds is 4. The number of para-hydroxylation sites is 4. The standard InChI is InChI=1S/C19H22N4O.3ClH/c1-24-18-9-5-4-8-17(18)23-12-10-22(11-13-23)14-19-20-15-6-2-3-7-16(15)21-19;;;/h2-9H,10-14H2,1H3,(H,20,21);3*1H. The average molecular weight is 432 g/mol. The summed E-state index contributed by atoms with van der Waals surface area (Å²) in [6.45, 7) is 5.62. The number of methoxy groups -OCH3 is 1. The summed E-state index contributed by atoms with van der Waals surface area (Å²) >= 11 is 0. The molecule has 5 nitrogen and oxygen atoms in total. The van der Waals surface area contributed by atoms with Gasteiger partial charge in [0.05, 0.1) is 7.11 Å². The highest BCUT2D eigenvalue weighted by atomic mass is 35.5. The number of fused-ring (bicyclic) bond motifs is 1. The van der Waals surface area contributed by atoms with E-state index in [1.54, 1.807) is 12.0 Å². The first-order valence-electron chi connectivity index (χ1n) is 8.66. The smallest absolute Gasteiger partial charge is 0.261 e. The fourth-order valence-electron chi connectivity index (χ4n) is 3.71. The van der Waals surface area contributed by atoms with Crippen LogP contribution in [-0.2, 0) is 0 Å². The molecule has 0 amide bonds. The fraction of sp³-hybridized carbons (Fsp3) is 0.316. The maximum atomic E-state index is 5.52. The number of hydrogen-bond donors (Lipinski definition) is 3. The van der Waals surface area contributed by atoms with E-state index in [0.717, 1.165) is 44.2 Å². The Balaban J connectivity index is 0.00000121. The molecular formula is C19H25Cl3N4O. The van der Waals surface area contributed by atoms with Gasteiger partial charge in [0.2, 0.25) is 0 Å². The highest BCUT2D eigenvalue weighted by molar-refractivity contribution is 5.85. The van der Waals surface area contributed by atoms with E-state index in [2.05, 4.69) is 47.8 Å². The van der Waals surface area contributed by atoms with Crippen molar-refractivity contribution in [1.82, 2.24) is 0 Å². The third-order valence-corrected chi connectivity index (χ3v) is 5.00. The molecule has 0 spiro atoms. The molecular weight excluding hydrogens is 407 g/mol. The summed E-state index contributed by atoms with van der Waals surface area (Å²) in [7, 11) is 1.76. The van der Waals surface area contributed by atoms with Crippen LogP contribution in [0.3, 0.4) is 0 Å². The van der Waals surface area contributed by atoms with E-state index in [1.165, 1.54) is 22.1 Å². The van der Waals surface area contributed by atoms with E-state index >= 15 is 0 Å². The molecule has 0 aliphatic carbocycles. The van der Waals surface area contributed by atoms with Gasteiger partial charge >= 0.3 is 0 Å². The van der Waals surface area contributed by atoms with Crippen LogP contribution in [0.4, 0.5) is 17.1 Å². The number of hydrogen-bond acceptors (Lipinski definition) is 2.